The molecular formula is C26H26FN5O2. The lowest BCUT2D eigenvalue weighted by molar-refractivity contribution is -0.122. The zero-order valence-electron chi connectivity index (χ0n) is 18.7. The number of fused-ring (bicyclic) bond motifs is 1. The minimum atomic E-state index is -0.285. The van der Waals surface area contributed by atoms with Gasteiger partial charge < -0.3 is 10.2 Å². The van der Waals surface area contributed by atoms with Crippen LogP contribution in [0.1, 0.15) is 48.2 Å². The van der Waals surface area contributed by atoms with Crippen molar-refractivity contribution < 1.29 is 14.0 Å². The van der Waals surface area contributed by atoms with Crippen molar-refractivity contribution in [3.05, 3.63) is 78.3 Å². The number of hydrogen-bond acceptors (Lipinski definition) is 5. The van der Waals surface area contributed by atoms with Crippen LogP contribution in [0.5, 0.6) is 0 Å². The summed E-state index contributed by atoms with van der Waals surface area (Å²) in [6.07, 6.45) is 8.65. The Labute approximate surface area is 197 Å². The van der Waals surface area contributed by atoms with E-state index < -0.39 is 0 Å². The third-order valence-electron chi connectivity index (χ3n) is 6.71. The van der Waals surface area contributed by atoms with E-state index in [2.05, 4.69) is 20.3 Å². The van der Waals surface area contributed by atoms with Gasteiger partial charge in [0.25, 0.3) is 5.91 Å². The predicted octanol–water partition coefficient (Wildman–Crippen LogP) is 3.56. The summed E-state index contributed by atoms with van der Waals surface area (Å²) >= 11 is 0. The van der Waals surface area contributed by atoms with E-state index in [4.69, 9.17) is 0 Å². The van der Waals surface area contributed by atoms with Crippen molar-refractivity contribution in [2.45, 2.75) is 56.7 Å². The van der Waals surface area contributed by atoms with Gasteiger partial charge in [-0.25, -0.2) is 19.3 Å². The summed E-state index contributed by atoms with van der Waals surface area (Å²) in [5.74, 6) is -0.479. The zero-order chi connectivity index (χ0) is 23.5. The maximum absolute atomic E-state index is 14.5. The predicted molar refractivity (Wildman–Crippen MR) is 124 cm³/mol. The van der Waals surface area contributed by atoms with Crippen molar-refractivity contribution in [1.29, 1.82) is 0 Å². The molecule has 2 aromatic heterocycles. The second-order valence-corrected chi connectivity index (χ2v) is 8.92. The van der Waals surface area contributed by atoms with Gasteiger partial charge in [0.2, 0.25) is 5.91 Å². The van der Waals surface area contributed by atoms with E-state index in [1.165, 1.54) is 12.4 Å². The number of carbonyl (C=O) groups is 2. The molecule has 4 heterocycles. The summed E-state index contributed by atoms with van der Waals surface area (Å²) in [6, 6.07) is 11.4. The fourth-order valence-electron chi connectivity index (χ4n) is 5.14. The van der Waals surface area contributed by atoms with Crippen LogP contribution in [0.2, 0.25) is 0 Å². The monoisotopic (exact) mass is 459 g/mol. The fraction of sp³-hybridized carbons (Fsp3) is 0.346. The van der Waals surface area contributed by atoms with Gasteiger partial charge in [0.1, 0.15) is 17.8 Å². The smallest absolute Gasteiger partial charge is 0.273 e. The number of nitrogens with one attached hydrogen (secondary N) is 1. The minimum Gasteiger partial charge on any atom is -0.351 e. The molecule has 34 heavy (non-hydrogen) atoms. The Balaban J connectivity index is 1.49. The molecule has 2 saturated heterocycles. The van der Waals surface area contributed by atoms with Crippen LogP contribution in [0.3, 0.4) is 0 Å². The number of nitrogens with zero attached hydrogens (tertiary/aromatic N) is 4. The number of pyridine rings is 1. The van der Waals surface area contributed by atoms with Gasteiger partial charge in [0.15, 0.2) is 0 Å². The first kappa shape index (κ1) is 22.1. The molecule has 7 nitrogen and oxygen atoms in total. The Bertz CT molecular complexity index is 1190. The van der Waals surface area contributed by atoms with Gasteiger partial charge >= 0.3 is 0 Å². The van der Waals surface area contributed by atoms with Crippen LogP contribution in [-0.2, 0) is 11.2 Å². The summed E-state index contributed by atoms with van der Waals surface area (Å²) in [5.41, 5.74) is 2.21. The summed E-state index contributed by atoms with van der Waals surface area (Å²) < 4.78 is 14.5. The molecule has 0 aliphatic carbocycles. The zero-order valence-corrected chi connectivity index (χ0v) is 18.7. The second kappa shape index (κ2) is 9.67. The van der Waals surface area contributed by atoms with Gasteiger partial charge in [-0.3, -0.25) is 9.59 Å². The van der Waals surface area contributed by atoms with Crippen molar-refractivity contribution in [3.8, 4) is 11.3 Å². The van der Waals surface area contributed by atoms with Crippen LogP contribution in [-0.4, -0.2) is 49.8 Å². The first-order valence-corrected chi connectivity index (χ1v) is 11.7. The number of halogens is 1. The third kappa shape index (κ3) is 4.53. The molecular weight excluding hydrogens is 433 g/mol. The molecule has 0 bridgehead atoms. The first-order valence-electron chi connectivity index (χ1n) is 11.7. The summed E-state index contributed by atoms with van der Waals surface area (Å²) in [7, 11) is 0. The van der Waals surface area contributed by atoms with Crippen LogP contribution < -0.4 is 5.32 Å². The summed E-state index contributed by atoms with van der Waals surface area (Å²) in [6.45, 7) is 0. The summed E-state index contributed by atoms with van der Waals surface area (Å²) in [5, 5.41) is 3.12. The van der Waals surface area contributed by atoms with E-state index >= 15 is 0 Å². The average molecular weight is 460 g/mol. The van der Waals surface area contributed by atoms with Gasteiger partial charge in [-0.1, -0.05) is 30.7 Å². The fourth-order valence-corrected chi connectivity index (χ4v) is 5.14. The number of hydrogen-bond donors (Lipinski definition) is 1. The largest absolute Gasteiger partial charge is 0.351 e. The maximum Gasteiger partial charge on any atom is 0.273 e. The number of likely N-dealkylation sites (tertiary alicyclic amines) is 1. The van der Waals surface area contributed by atoms with Crippen LogP contribution in [0.25, 0.3) is 11.3 Å². The summed E-state index contributed by atoms with van der Waals surface area (Å²) in [4.78, 5) is 40.8. The van der Waals surface area contributed by atoms with E-state index in [1.807, 2.05) is 11.0 Å². The van der Waals surface area contributed by atoms with Crippen LogP contribution in [0, 0.1) is 5.82 Å². The highest BCUT2D eigenvalue weighted by atomic mass is 19.1. The van der Waals surface area contributed by atoms with Crippen molar-refractivity contribution in [2.24, 2.45) is 0 Å². The lowest BCUT2D eigenvalue weighted by Crippen LogP contribution is -2.49. The topological polar surface area (TPSA) is 88.1 Å². The van der Waals surface area contributed by atoms with Crippen molar-refractivity contribution >= 4 is 11.8 Å². The molecule has 0 spiro atoms. The lowest BCUT2D eigenvalue weighted by Gasteiger charge is -2.33. The van der Waals surface area contributed by atoms with E-state index in [-0.39, 0.29) is 35.8 Å². The standard InChI is InChI=1S/C26H26FN5O2/c27-20-7-2-1-6-17(20)12-19-13-23-24(10-3-4-11-25(33)31-23)32(19)26(34)22-9-5-8-21(30-22)18-14-28-16-29-15-18/h1-2,5-9,14-16,19,23-24H,3-4,10-13H2,(H,31,33)/t19-,23+,24-/m0/s1. The van der Waals surface area contributed by atoms with Crippen molar-refractivity contribution in [2.75, 3.05) is 0 Å². The minimum absolute atomic E-state index is 0.0119. The molecule has 0 radical (unpaired) electrons. The Morgan fingerprint density at radius 3 is 2.74 bits per heavy atom. The maximum atomic E-state index is 14.5. The van der Waals surface area contributed by atoms with Gasteiger partial charge in [0, 0.05) is 30.4 Å². The number of benzene rings is 1. The average Bonchev–Trinajstić information content (AvgIpc) is 3.17. The molecule has 2 aliphatic heterocycles. The number of amides is 2. The van der Waals surface area contributed by atoms with E-state index in [0.717, 1.165) is 24.8 Å². The molecule has 0 saturated carbocycles. The van der Waals surface area contributed by atoms with Gasteiger partial charge in [0.05, 0.1) is 17.8 Å². The van der Waals surface area contributed by atoms with Crippen molar-refractivity contribution in [1.82, 2.24) is 25.2 Å². The Hall–Kier alpha value is -3.68. The second-order valence-electron chi connectivity index (χ2n) is 8.92. The van der Waals surface area contributed by atoms with Crippen LogP contribution in [0.15, 0.2) is 61.2 Å². The molecule has 2 aliphatic rings. The number of aromatic nitrogens is 3. The molecule has 1 aromatic carbocycles. The Morgan fingerprint density at radius 1 is 1.09 bits per heavy atom. The lowest BCUT2D eigenvalue weighted by atomic mass is 9.97. The molecule has 2 amide bonds. The van der Waals surface area contributed by atoms with Gasteiger partial charge in [-0.2, -0.15) is 0 Å². The van der Waals surface area contributed by atoms with Gasteiger partial charge in [-0.15, -0.1) is 0 Å². The third-order valence-corrected chi connectivity index (χ3v) is 6.71. The van der Waals surface area contributed by atoms with Crippen LogP contribution >= 0.6 is 0 Å². The molecule has 174 valence electrons. The molecule has 2 fully saturated rings. The normalized spacial score (nSPS) is 22.4. The van der Waals surface area contributed by atoms with E-state index in [0.29, 0.717) is 36.2 Å². The SMILES string of the molecule is O=C1CCCC[C@H]2[C@@H](C[C@H](Cc3ccccc3F)N2C(=O)c2cccc(-c3cncnc3)n2)N1. The highest BCUT2D eigenvalue weighted by molar-refractivity contribution is 5.93. The quantitative estimate of drug-likeness (QED) is 0.645. The first-order chi connectivity index (χ1) is 16.6. The van der Waals surface area contributed by atoms with Crippen molar-refractivity contribution in [3.63, 3.8) is 0 Å². The highest BCUT2D eigenvalue weighted by Crippen LogP contribution is 2.33. The van der Waals surface area contributed by atoms with Crippen LogP contribution in [0.4, 0.5) is 4.39 Å². The number of carbonyl (C=O) groups excluding carboxylic acids is 2. The molecule has 3 aromatic rings. The van der Waals surface area contributed by atoms with E-state index in [9.17, 15) is 14.0 Å². The number of rotatable bonds is 4. The highest BCUT2D eigenvalue weighted by Gasteiger charge is 2.45. The molecule has 1 N–H and O–H groups in total. The molecule has 0 unspecified atom stereocenters. The molecule has 8 heteroatoms. The van der Waals surface area contributed by atoms with E-state index in [1.54, 1.807) is 42.7 Å². The molecule has 3 atom stereocenters. The van der Waals surface area contributed by atoms with Gasteiger partial charge in [-0.05, 0) is 49.4 Å². The Kier molecular flexibility index (Phi) is 6.29. The Morgan fingerprint density at radius 2 is 1.91 bits per heavy atom. The molecule has 5 rings (SSSR count).